The van der Waals surface area contributed by atoms with Crippen molar-refractivity contribution in [2.24, 2.45) is 0 Å². The Morgan fingerprint density at radius 3 is 2.08 bits per heavy atom. The maximum absolute atomic E-state index is 13.9. The normalized spacial score (nSPS) is 11.6. The highest BCUT2D eigenvalue weighted by molar-refractivity contribution is 7.92. The maximum atomic E-state index is 13.9. The average Bonchev–Trinajstić information content (AvgIpc) is 3.23. The fourth-order valence-electron chi connectivity index (χ4n) is 6.55. The van der Waals surface area contributed by atoms with Crippen LogP contribution in [0.4, 0.5) is 21.9 Å². The molecule has 6 aromatic rings. The number of amides is 2. The number of fused-ring (bicyclic) bond motifs is 1. The lowest BCUT2D eigenvalue weighted by Crippen LogP contribution is -2.22. The highest BCUT2D eigenvalue weighted by Gasteiger charge is 2.23. The zero-order chi connectivity index (χ0) is 44.1. The zero-order valence-corrected chi connectivity index (χ0v) is 36.6. The van der Waals surface area contributed by atoms with E-state index in [1.165, 1.54) is 0 Å². The Balaban J connectivity index is 1.17. The van der Waals surface area contributed by atoms with Gasteiger partial charge >= 0.3 is 6.03 Å². The number of rotatable bonds is 20. The molecule has 0 aliphatic carbocycles. The van der Waals surface area contributed by atoms with Crippen molar-refractivity contribution in [3.63, 3.8) is 0 Å². The second-order valence-corrected chi connectivity index (χ2v) is 17.1. The average molecular weight is 864 g/mol. The molecule has 6 rings (SSSR count). The summed E-state index contributed by atoms with van der Waals surface area (Å²) in [5.41, 5.74) is 3.94. The van der Waals surface area contributed by atoms with Crippen LogP contribution >= 0.6 is 0 Å². The van der Waals surface area contributed by atoms with Gasteiger partial charge in [0.15, 0.2) is 0 Å². The molecule has 5 aromatic carbocycles. The van der Waals surface area contributed by atoms with E-state index in [0.717, 1.165) is 33.7 Å². The molecule has 2 amide bonds. The SMILES string of the molecule is COCCOCCOCCOc1cc(Cc2nccc(Oc3ccc(NC(=O)Nc4cc(C(C)(C)C)cc(NS(C)(=O)=O)c4-c4ccccc4)c4ccccc34)n2)cc(OC)c1. The van der Waals surface area contributed by atoms with E-state index < -0.39 is 16.1 Å². The van der Waals surface area contributed by atoms with Gasteiger partial charge in [-0.25, -0.2) is 18.2 Å². The van der Waals surface area contributed by atoms with Crippen LogP contribution in [0.2, 0.25) is 0 Å². The number of nitrogens with zero attached hydrogens (tertiary/aromatic N) is 2. The van der Waals surface area contributed by atoms with E-state index in [-0.39, 0.29) is 5.41 Å². The Morgan fingerprint density at radius 1 is 0.710 bits per heavy atom. The number of nitrogens with one attached hydrogen (secondary N) is 3. The number of hydrogen-bond acceptors (Lipinski definition) is 11. The number of sulfonamides is 1. The Kier molecular flexibility index (Phi) is 15.3. The van der Waals surface area contributed by atoms with Crippen molar-refractivity contribution in [2.45, 2.75) is 32.6 Å². The van der Waals surface area contributed by atoms with E-state index in [0.29, 0.717) is 97.6 Å². The summed E-state index contributed by atoms with van der Waals surface area (Å²) in [5.74, 6) is 2.65. The fraction of sp³-hybridized carbons (Fsp3) is 0.298. The van der Waals surface area contributed by atoms with E-state index >= 15 is 0 Å². The van der Waals surface area contributed by atoms with E-state index in [2.05, 4.69) is 20.3 Å². The minimum Gasteiger partial charge on any atom is -0.497 e. The number of carbonyl (C=O) groups is 1. The summed E-state index contributed by atoms with van der Waals surface area (Å²) in [6, 6.07) is 30.9. The van der Waals surface area contributed by atoms with Gasteiger partial charge in [-0.2, -0.15) is 4.98 Å². The van der Waals surface area contributed by atoms with E-state index in [9.17, 15) is 13.2 Å². The van der Waals surface area contributed by atoms with Crippen LogP contribution in [-0.4, -0.2) is 84.5 Å². The Hall–Kier alpha value is -6.26. The molecule has 0 bridgehead atoms. The number of hydrogen-bond donors (Lipinski definition) is 3. The fourth-order valence-corrected chi connectivity index (χ4v) is 7.11. The molecule has 0 spiro atoms. The van der Waals surface area contributed by atoms with Gasteiger partial charge in [-0.05, 0) is 58.5 Å². The Bertz CT molecular complexity index is 2570. The van der Waals surface area contributed by atoms with Gasteiger partial charge in [0.05, 0.1) is 63.5 Å². The van der Waals surface area contributed by atoms with Gasteiger partial charge in [0.2, 0.25) is 15.9 Å². The molecule has 1 aromatic heterocycles. The minimum atomic E-state index is -3.66. The van der Waals surface area contributed by atoms with Gasteiger partial charge in [0.25, 0.3) is 0 Å². The number of carbonyl (C=O) groups excluding carboxylic acids is 1. The van der Waals surface area contributed by atoms with Crippen molar-refractivity contribution in [3.8, 4) is 34.3 Å². The Morgan fingerprint density at radius 2 is 1.37 bits per heavy atom. The molecule has 15 heteroatoms. The van der Waals surface area contributed by atoms with Crippen LogP contribution in [-0.2, 0) is 36.1 Å². The van der Waals surface area contributed by atoms with Crippen LogP contribution in [0.1, 0.15) is 37.7 Å². The van der Waals surface area contributed by atoms with Crippen LogP contribution < -0.4 is 29.6 Å². The summed E-state index contributed by atoms with van der Waals surface area (Å²) >= 11 is 0. The highest BCUT2D eigenvalue weighted by Crippen LogP contribution is 2.41. The molecular formula is C47H53N5O9S. The molecule has 0 aliphatic heterocycles. The second-order valence-electron chi connectivity index (χ2n) is 15.3. The van der Waals surface area contributed by atoms with Crippen molar-refractivity contribution in [2.75, 3.05) is 75.5 Å². The lowest BCUT2D eigenvalue weighted by atomic mass is 9.84. The summed E-state index contributed by atoms with van der Waals surface area (Å²) in [4.78, 5) is 23.1. The number of benzene rings is 5. The summed E-state index contributed by atoms with van der Waals surface area (Å²) < 4.78 is 61.6. The van der Waals surface area contributed by atoms with Gasteiger partial charge in [-0.3, -0.25) is 4.72 Å². The molecule has 0 fully saturated rings. The molecule has 0 aliphatic rings. The molecule has 0 saturated carbocycles. The number of ether oxygens (including phenoxy) is 6. The largest absolute Gasteiger partial charge is 0.497 e. The monoisotopic (exact) mass is 863 g/mol. The van der Waals surface area contributed by atoms with Crippen LogP contribution in [0.25, 0.3) is 21.9 Å². The first-order valence-electron chi connectivity index (χ1n) is 20.1. The quantitative estimate of drug-likeness (QED) is 0.0627. The van der Waals surface area contributed by atoms with Crippen molar-refractivity contribution in [1.29, 1.82) is 0 Å². The summed E-state index contributed by atoms with van der Waals surface area (Å²) in [5, 5.41) is 7.48. The third kappa shape index (κ3) is 12.9. The van der Waals surface area contributed by atoms with E-state index in [4.69, 9.17) is 33.4 Å². The predicted octanol–water partition coefficient (Wildman–Crippen LogP) is 9.06. The maximum Gasteiger partial charge on any atom is 0.323 e. The lowest BCUT2D eigenvalue weighted by Gasteiger charge is -2.25. The zero-order valence-electron chi connectivity index (χ0n) is 35.8. The molecule has 326 valence electrons. The highest BCUT2D eigenvalue weighted by atomic mass is 32.2. The lowest BCUT2D eigenvalue weighted by molar-refractivity contribution is 0.0179. The van der Waals surface area contributed by atoms with Crippen LogP contribution in [0.15, 0.2) is 109 Å². The van der Waals surface area contributed by atoms with Gasteiger partial charge in [-0.15, -0.1) is 0 Å². The van der Waals surface area contributed by atoms with E-state index in [1.54, 1.807) is 38.6 Å². The standard InChI is InChI=1S/C47H53N5O9S/c1-47(2,3)34-29-40(45(33-12-8-7-9-13-33)41(30-34)52-62(6,54)55)50-46(53)49-39-16-17-42(38-15-11-10-14-37(38)39)61-44-18-19-48-43(51-44)28-32-26-35(57-5)31-36(27-32)60-25-24-59-23-22-58-21-20-56-4/h7-19,26-27,29-31,52H,20-25,28H2,1-6H3,(H2,49,50,53). The summed E-state index contributed by atoms with van der Waals surface area (Å²) in [7, 11) is -0.428. The van der Waals surface area contributed by atoms with Gasteiger partial charge in [-0.1, -0.05) is 75.4 Å². The number of urea groups is 1. The molecule has 3 N–H and O–H groups in total. The summed E-state index contributed by atoms with van der Waals surface area (Å²) in [6.45, 7) is 8.82. The molecule has 0 atom stereocenters. The van der Waals surface area contributed by atoms with Crippen molar-refractivity contribution >= 4 is 43.9 Å². The molecule has 0 radical (unpaired) electrons. The van der Waals surface area contributed by atoms with E-state index in [1.807, 2.05) is 106 Å². The number of methoxy groups -OCH3 is 2. The van der Waals surface area contributed by atoms with Gasteiger partial charge in [0.1, 0.15) is 29.7 Å². The first kappa shape index (κ1) is 45.3. The van der Waals surface area contributed by atoms with Gasteiger partial charge < -0.3 is 39.1 Å². The first-order valence-corrected chi connectivity index (χ1v) is 21.9. The first-order chi connectivity index (χ1) is 29.8. The molecule has 0 saturated heterocycles. The topological polar surface area (TPSA) is 168 Å². The molecule has 14 nitrogen and oxygen atoms in total. The molecule has 0 unspecified atom stereocenters. The van der Waals surface area contributed by atoms with Crippen molar-refractivity contribution in [3.05, 3.63) is 126 Å². The summed E-state index contributed by atoms with van der Waals surface area (Å²) in [6.07, 6.45) is 3.13. The third-order valence-electron chi connectivity index (χ3n) is 9.48. The second kappa shape index (κ2) is 21.0. The molecule has 62 heavy (non-hydrogen) atoms. The molecular weight excluding hydrogens is 811 g/mol. The van der Waals surface area contributed by atoms with Crippen molar-refractivity contribution < 1.29 is 41.6 Å². The van der Waals surface area contributed by atoms with Crippen molar-refractivity contribution in [1.82, 2.24) is 9.97 Å². The third-order valence-corrected chi connectivity index (χ3v) is 10.1. The Labute approximate surface area is 363 Å². The number of aromatic nitrogens is 2. The van der Waals surface area contributed by atoms with Gasteiger partial charge in [0, 0.05) is 48.2 Å². The molecule has 1 heterocycles. The smallest absolute Gasteiger partial charge is 0.323 e. The van der Waals surface area contributed by atoms with Crippen LogP contribution in [0, 0.1) is 0 Å². The minimum absolute atomic E-state index is 0.340. The number of anilines is 3. The van der Waals surface area contributed by atoms with Crippen LogP contribution in [0.5, 0.6) is 23.1 Å². The predicted molar refractivity (Wildman–Crippen MR) is 243 cm³/mol. The van der Waals surface area contributed by atoms with Crippen LogP contribution in [0.3, 0.4) is 0 Å².